The second kappa shape index (κ2) is 5.19. The van der Waals surface area contributed by atoms with Crippen LogP contribution in [0.25, 0.3) is 0 Å². The molecule has 1 aromatic carbocycles. The highest BCUT2D eigenvalue weighted by Crippen LogP contribution is 2.39. The van der Waals surface area contributed by atoms with Gasteiger partial charge in [-0.1, -0.05) is 11.6 Å². The Morgan fingerprint density at radius 2 is 2.28 bits per heavy atom. The van der Waals surface area contributed by atoms with E-state index in [9.17, 15) is 9.90 Å². The topological polar surface area (TPSA) is 49.3 Å². The average Bonchev–Trinajstić information content (AvgIpc) is 3.16. The van der Waals surface area contributed by atoms with Gasteiger partial charge in [-0.05, 0) is 59.8 Å². The minimum Gasteiger partial charge on any atom is -0.394 e. The van der Waals surface area contributed by atoms with Gasteiger partial charge < -0.3 is 10.4 Å². The lowest BCUT2D eigenvalue weighted by Gasteiger charge is -2.28. The molecule has 1 aliphatic carbocycles. The molecule has 0 aromatic heterocycles. The van der Waals surface area contributed by atoms with Crippen LogP contribution < -0.4 is 5.32 Å². The van der Waals surface area contributed by atoms with Crippen LogP contribution in [0.1, 0.15) is 30.1 Å². The number of nitrogens with one attached hydrogen (secondary N) is 1. The Balaban J connectivity index is 2.13. The Morgan fingerprint density at radius 1 is 1.61 bits per heavy atom. The summed E-state index contributed by atoms with van der Waals surface area (Å²) < 4.78 is 0.757. The van der Waals surface area contributed by atoms with Crippen molar-refractivity contribution in [3.8, 4) is 0 Å². The minimum absolute atomic E-state index is 0.0479. The second-order valence-electron chi connectivity index (χ2n) is 4.93. The quantitative estimate of drug-likeness (QED) is 0.890. The van der Waals surface area contributed by atoms with Gasteiger partial charge in [-0.2, -0.15) is 0 Å². The number of hydrogen-bond acceptors (Lipinski definition) is 2. The number of carbonyl (C=O) groups excluding carboxylic acids is 1. The number of aliphatic hydroxyl groups excluding tert-OH is 1. The van der Waals surface area contributed by atoms with E-state index in [1.54, 1.807) is 18.2 Å². The maximum atomic E-state index is 12.1. The monoisotopic (exact) mass is 331 g/mol. The van der Waals surface area contributed by atoms with Gasteiger partial charge in [0.25, 0.3) is 5.91 Å². The summed E-state index contributed by atoms with van der Waals surface area (Å²) in [5, 5.41) is 12.8. The van der Waals surface area contributed by atoms with Crippen LogP contribution in [-0.4, -0.2) is 23.2 Å². The highest BCUT2D eigenvalue weighted by molar-refractivity contribution is 9.10. The van der Waals surface area contributed by atoms with Gasteiger partial charge >= 0.3 is 0 Å². The second-order valence-corrected chi connectivity index (χ2v) is 6.19. The molecule has 2 rings (SSSR count). The van der Waals surface area contributed by atoms with Crippen molar-refractivity contribution in [2.45, 2.75) is 25.3 Å². The minimum atomic E-state index is -0.531. The number of amides is 1. The number of benzene rings is 1. The van der Waals surface area contributed by atoms with Crippen molar-refractivity contribution in [2.75, 3.05) is 6.61 Å². The van der Waals surface area contributed by atoms with Crippen molar-refractivity contribution in [1.82, 2.24) is 5.32 Å². The number of hydrogen-bond donors (Lipinski definition) is 2. The molecule has 1 unspecified atom stereocenters. The van der Waals surface area contributed by atoms with Crippen LogP contribution in [0.3, 0.4) is 0 Å². The molecule has 0 radical (unpaired) electrons. The first-order chi connectivity index (χ1) is 8.46. The molecule has 2 N–H and O–H groups in total. The van der Waals surface area contributed by atoms with Crippen molar-refractivity contribution < 1.29 is 9.90 Å². The van der Waals surface area contributed by atoms with E-state index in [2.05, 4.69) is 21.2 Å². The van der Waals surface area contributed by atoms with Crippen molar-refractivity contribution in [1.29, 1.82) is 0 Å². The summed E-state index contributed by atoms with van der Waals surface area (Å²) in [6.45, 7) is 1.83. The lowest BCUT2D eigenvalue weighted by molar-refractivity contribution is 0.0824. The highest BCUT2D eigenvalue weighted by Gasteiger charge is 2.42. The van der Waals surface area contributed by atoms with E-state index in [1.807, 2.05) is 6.92 Å². The first kappa shape index (κ1) is 13.8. The largest absolute Gasteiger partial charge is 0.394 e. The van der Waals surface area contributed by atoms with Crippen LogP contribution in [0.5, 0.6) is 0 Å². The molecule has 1 aliphatic rings. The van der Waals surface area contributed by atoms with Gasteiger partial charge in [0.05, 0.1) is 17.2 Å². The maximum absolute atomic E-state index is 12.1. The summed E-state index contributed by atoms with van der Waals surface area (Å²) in [4.78, 5) is 12.1. The third-order valence-electron chi connectivity index (χ3n) is 3.39. The van der Waals surface area contributed by atoms with Gasteiger partial charge in [0, 0.05) is 10.0 Å². The lowest BCUT2D eigenvalue weighted by atomic mass is 9.96. The Labute approximate surface area is 120 Å². The standard InChI is InChI=1S/C13H15BrClNO2/c1-13(7-17,9-3-4-9)16-12(18)8-2-5-10(14)11(15)6-8/h2,5-6,9,17H,3-4,7H2,1H3,(H,16,18). The predicted molar refractivity (Wildman–Crippen MR) is 74.8 cm³/mol. The van der Waals surface area contributed by atoms with Crippen molar-refractivity contribution >= 4 is 33.4 Å². The van der Waals surface area contributed by atoms with E-state index in [-0.39, 0.29) is 12.5 Å². The molecular formula is C13H15BrClNO2. The van der Waals surface area contributed by atoms with Gasteiger partial charge in [-0.3, -0.25) is 4.79 Å². The van der Waals surface area contributed by atoms with Gasteiger partial charge in [-0.25, -0.2) is 0 Å². The zero-order valence-corrected chi connectivity index (χ0v) is 12.4. The van der Waals surface area contributed by atoms with E-state index in [4.69, 9.17) is 11.6 Å². The SMILES string of the molecule is CC(CO)(NC(=O)c1ccc(Br)c(Cl)c1)C1CC1. The van der Waals surface area contributed by atoms with Crippen LogP contribution in [0.15, 0.2) is 22.7 Å². The molecule has 1 amide bonds. The van der Waals surface area contributed by atoms with E-state index in [1.165, 1.54) is 0 Å². The summed E-state index contributed by atoms with van der Waals surface area (Å²) in [6.07, 6.45) is 2.11. The van der Waals surface area contributed by atoms with Gasteiger partial charge in [0.2, 0.25) is 0 Å². The summed E-state index contributed by atoms with van der Waals surface area (Å²) in [5.41, 5.74) is -0.0279. The fourth-order valence-corrected chi connectivity index (χ4v) is 2.39. The van der Waals surface area contributed by atoms with E-state index >= 15 is 0 Å². The molecule has 98 valence electrons. The van der Waals surface area contributed by atoms with Crippen molar-refractivity contribution in [3.63, 3.8) is 0 Å². The Kier molecular flexibility index (Phi) is 3.99. The van der Waals surface area contributed by atoms with Crippen LogP contribution in [0.2, 0.25) is 5.02 Å². The third-order valence-corrected chi connectivity index (χ3v) is 4.62. The van der Waals surface area contributed by atoms with E-state index in [0.717, 1.165) is 17.3 Å². The highest BCUT2D eigenvalue weighted by atomic mass is 79.9. The van der Waals surface area contributed by atoms with Crippen LogP contribution in [0, 0.1) is 5.92 Å². The molecule has 18 heavy (non-hydrogen) atoms. The zero-order chi connectivity index (χ0) is 13.3. The number of halogens is 2. The van der Waals surface area contributed by atoms with Gasteiger partial charge in [-0.15, -0.1) is 0 Å². The zero-order valence-electron chi connectivity index (χ0n) is 10.0. The summed E-state index contributed by atoms with van der Waals surface area (Å²) in [6, 6.07) is 5.06. The Morgan fingerprint density at radius 3 is 2.78 bits per heavy atom. The fourth-order valence-electron chi connectivity index (χ4n) is 1.96. The van der Waals surface area contributed by atoms with Gasteiger partial charge in [0.15, 0.2) is 0 Å². The van der Waals surface area contributed by atoms with E-state index < -0.39 is 5.54 Å². The number of aliphatic hydroxyl groups is 1. The first-order valence-electron chi connectivity index (χ1n) is 5.85. The Bertz CT molecular complexity index is 476. The molecule has 1 fully saturated rings. The molecule has 0 bridgehead atoms. The third kappa shape index (κ3) is 2.87. The predicted octanol–water partition coefficient (Wildman–Crippen LogP) is 2.99. The summed E-state index contributed by atoms with van der Waals surface area (Å²) in [7, 11) is 0. The molecular weight excluding hydrogens is 318 g/mol. The van der Waals surface area contributed by atoms with Crippen molar-refractivity contribution in [3.05, 3.63) is 33.3 Å². The number of carbonyl (C=O) groups is 1. The maximum Gasteiger partial charge on any atom is 0.251 e. The average molecular weight is 333 g/mol. The normalized spacial score (nSPS) is 18.2. The molecule has 0 heterocycles. The summed E-state index contributed by atoms with van der Waals surface area (Å²) >= 11 is 9.24. The molecule has 5 heteroatoms. The van der Waals surface area contributed by atoms with Gasteiger partial charge in [0.1, 0.15) is 0 Å². The molecule has 1 aromatic rings. The molecule has 0 saturated heterocycles. The summed E-state index contributed by atoms with van der Waals surface area (Å²) in [5.74, 6) is 0.172. The van der Waals surface area contributed by atoms with Crippen molar-refractivity contribution in [2.24, 2.45) is 5.92 Å². The Hall–Kier alpha value is -0.580. The molecule has 1 atom stereocenters. The van der Waals surface area contributed by atoms with Crippen LogP contribution in [0.4, 0.5) is 0 Å². The van der Waals surface area contributed by atoms with Crippen LogP contribution in [-0.2, 0) is 0 Å². The number of rotatable bonds is 4. The molecule has 0 aliphatic heterocycles. The fraction of sp³-hybridized carbons (Fsp3) is 0.462. The molecule has 1 saturated carbocycles. The smallest absolute Gasteiger partial charge is 0.251 e. The van der Waals surface area contributed by atoms with Crippen LogP contribution >= 0.6 is 27.5 Å². The molecule has 0 spiro atoms. The first-order valence-corrected chi connectivity index (χ1v) is 7.02. The van der Waals surface area contributed by atoms with E-state index in [0.29, 0.717) is 16.5 Å². The lowest BCUT2D eigenvalue weighted by Crippen LogP contribution is -2.50. The molecule has 3 nitrogen and oxygen atoms in total.